The van der Waals surface area contributed by atoms with Crippen LogP contribution >= 0.6 is 28.1 Å². The minimum absolute atomic E-state index is 0.0527. The molecule has 0 aliphatic heterocycles. The Bertz CT molecular complexity index is 868. The van der Waals surface area contributed by atoms with Crippen molar-refractivity contribution < 1.29 is 28.3 Å². The van der Waals surface area contributed by atoms with Crippen molar-refractivity contribution in [1.29, 1.82) is 0 Å². The van der Waals surface area contributed by atoms with Gasteiger partial charge in [0, 0.05) is 0 Å². The van der Waals surface area contributed by atoms with Crippen LogP contribution in [0.2, 0.25) is 0 Å². The zero-order valence-corrected chi connectivity index (χ0v) is 17.0. The lowest BCUT2D eigenvalue weighted by molar-refractivity contribution is -0.123. The Balaban J connectivity index is 1.71. The quantitative estimate of drug-likeness (QED) is 0.333. The van der Waals surface area contributed by atoms with Crippen molar-refractivity contribution in [1.82, 2.24) is 16.2 Å². The van der Waals surface area contributed by atoms with E-state index in [0.717, 1.165) is 0 Å². The number of amides is 2. The predicted molar refractivity (Wildman–Crippen MR) is 106 cm³/mol. The van der Waals surface area contributed by atoms with Crippen LogP contribution in [-0.4, -0.2) is 36.1 Å². The summed E-state index contributed by atoms with van der Waals surface area (Å²) in [6.45, 7) is 1.69. The van der Waals surface area contributed by atoms with E-state index in [1.165, 1.54) is 18.2 Å². The van der Waals surface area contributed by atoms with Gasteiger partial charge in [-0.3, -0.25) is 25.8 Å². The Kier molecular flexibility index (Phi) is 7.96. The second-order valence-electron chi connectivity index (χ2n) is 5.09. The minimum Gasteiger partial charge on any atom is -0.484 e. The van der Waals surface area contributed by atoms with E-state index in [0.29, 0.717) is 16.0 Å². The summed E-state index contributed by atoms with van der Waals surface area (Å²) in [5, 5.41) is 2.21. The SMILES string of the molecule is CCOC(=O)c1ccc(OCC(=O)NNC(=S)NC(=O)c2ccc(Br)o2)cc1. The van der Waals surface area contributed by atoms with Crippen LogP contribution in [0.4, 0.5) is 0 Å². The third-order valence-corrected chi connectivity index (χ3v) is 3.71. The Morgan fingerprint density at radius 2 is 1.82 bits per heavy atom. The molecule has 0 atom stereocenters. The molecular weight excluding hydrogens is 454 g/mol. The van der Waals surface area contributed by atoms with Crippen molar-refractivity contribution in [2.24, 2.45) is 0 Å². The largest absolute Gasteiger partial charge is 0.484 e. The molecule has 1 aromatic carbocycles. The molecule has 0 saturated heterocycles. The Hall–Kier alpha value is -2.92. The van der Waals surface area contributed by atoms with Gasteiger partial charge in [0.15, 0.2) is 22.1 Å². The lowest BCUT2D eigenvalue weighted by atomic mass is 10.2. The topological polar surface area (TPSA) is 119 Å². The van der Waals surface area contributed by atoms with Gasteiger partial charge < -0.3 is 13.9 Å². The maximum atomic E-state index is 11.8. The summed E-state index contributed by atoms with van der Waals surface area (Å²) in [6.07, 6.45) is 0. The van der Waals surface area contributed by atoms with Crippen LogP contribution in [0.5, 0.6) is 5.75 Å². The number of hydrazine groups is 1. The van der Waals surface area contributed by atoms with Crippen molar-refractivity contribution >= 4 is 51.0 Å². The smallest absolute Gasteiger partial charge is 0.338 e. The molecule has 0 spiro atoms. The van der Waals surface area contributed by atoms with Crippen LogP contribution in [0.3, 0.4) is 0 Å². The van der Waals surface area contributed by atoms with Crippen LogP contribution in [0, 0.1) is 0 Å². The third kappa shape index (κ3) is 6.67. The number of rotatable bonds is 6. The van der Waals surface area contributed by atoms with E-state index in [4.69, 9.17) is 26.1 Å². The molecule has 0 aliphatic carbocycles. The van der Waals surface area contributed by atoms with Crippen molar-refractivity contribution in [3.05, 3.63) is 52.4 Å². The van der Waals surface area contributed by atoms with Crippen molar-refractivity contribution in [3.63, 3.8) is 0 Å². The number of esters is 1. The molecule has 1 aromatic heterocycles. The maximum absolute atomic E-state index is 11.8. The second kappa shape index (κ2) is 10.4. The fourth-order valence-corrected chi connectivity index (χ4v) is 2.30. The average Bonchev–Trinajstić information content (AvgIpc) is 3.12. The molecule has 2 rings (SSSR count). The molecule has 3 N–H and O–H groups in total. The van der Waals surface area contributed by atoms with Gasteiger partial charge in [-0.15, -0.1) is 0 Å². The molecule has 0 unspecified atom stereocenters. The van der Waals surface area contributed by atoms with Gasteiger partial charge in [0.25, 0.3) is 11.8 Å². The van der Waals surface area contributed by atoms with E-state index in [1.54, 1.807) is 25.1 Å². The molecule has 148 valence electrons. The highest BCUT2D eigenvalue weighted by molar-refractivity contribution is 9.10. The van der Waals surface area contributed by atoms with Crippen molar-refractivity contribution in [3.8, 4) is 5.75 Å². The van der Waals surface area contributed by atoms with E-state index in [-0.39, 0.29) is 24.1 Å². The van der Waals surface area contributed by atoms with E-state index in [9.17, 15) is 14.4 Å². The summed E-state index contributed by atoms with van der Waals surface area (Å²) < 4.78 is 15.6. The number of carbonyl (C=O) groups excluding carboxylic acids is 3. The number of ether oxygens (including phenoxy) is 2. The van der Waals surface area contributed by atoms with Gasteiger partial charge in [0.2, 0.25) is 0 Å². The number of nitrogens with one attached hydrogen (secondary N) is 3. The highest BCUT2D eigenvalue weighted by Crippen LogP contribution is 2.14. The molecule has 11 heteroatoms. The first-order valence-electron chi connectivity index (χ1n) is 7.94. The molecule has 0 saturated carbocycles. The van der Waals surface area contributed by atoms with E-state index in [1.807, 2.05) is 0 Å². The normalized spacial score (nSPS) is 9.93. The number of carbonyl (C=O) groups is 3. The van der Waals surface area contributed by atoms with Crippen molar-refractivity contribution in [2.45, 2.75) is 6.92 Å². The van der Waals surface area contributed by atoms with E-state index < -0.39 is 17.8 Å². The fourth-order valence-electron chi connectivity index (χ4n) is 1.85. The van der Waals surface area contributed by atoms with Crippen LogP contribution in [0.15, 0.2) is 45.5 Å². The molecule has 1 heterocycles. The number of hydrogen-bond acceptors (Lipinski definition) is 7. The van der Waals surface area contributed by atoms with Crippen LogP contribution in [-0.2, 0) is 9.53 Å². The van der Waals surface area contributed by atoms with Gasteiger partial charge in [-0.1, -0.05) is 0 Å². The second-order valence-corrected chi connectivity index (χ2v) is 6.28. The molecular formula is C17H16BrN3O6S. The minimum atomic E-state index is -0.574. The first-order valence-corrected chi connectivity index (χ1v) is 9.14. The first kappa shape index (κ1) is 21.4. The standard InChI is InChI=1S/C17H16BrN3O6S/c1-2-25-16(24)10-3-5-11(6-4-10)26-9-14(22)20-21-17(28)19-15(23)12-7-8-13(18)27-12/h3-8H,2,9H2,1H3,(H,20,22)(H2,19,21,23,28). The summed E-state index contributed by atoms with van der Waals surface area (Å²) in [7, 11) is 0. The molecule has 9 nitrogen and oxygen atoms in total. The number of hydrogen-bond donors (Lipinski definition) is 3. The Labute approximate surface area is 173 Å². The fraction of sp³-hybridized carbons (Fsp3) is 0.176. The molecule has 0 radical (unpaired) electrons. The molecule has 0 aliphatic rings. The lowest BCUT2D eigenvalue weighted by Crippen LogP contribution is -2.49. The number of halogens is 1. The molecule has 2 amide bonds. The lowest BCUT2D eigenvalue weighted by Gasteiger charge is -2.11. The van der Waals surface area contributed by atoms with Gasteiger partial charge in [-0.25, -0.2) is 4.79 Å². The molecule has 0 fully saturated rings. The average molecular weight is 470 g/mol. The van der Waals surface area contributed by atoms with Crippen molar-refractivity contribution in [2.75, 3.05) is 13.2 Å². The predicted octanol–water partition coefficient (Wildman–Crippen LogP) is 1.93. The highest BCUT2D eigenvalue weighted by Gasteiger charge is 2.12. The van der Waals surface area contributed by atoms with Gasteiger partial charge in [0.1, 0.15) is 5.75 Å². The summed E-state index contributed by atoms with van der Waals surface area (Å²) in [6, 6.07) is 9.16. The van der Waals surface area contributed by atoms with Crippen LogP contribution in [0.1, 0.15) is 27.8 Å². The monoisotopic (exact) mass is 469 g/mol. The maximum Gasteiger partial charge on any atom is 0.338 e. The molecule has 28 heavy (non-hydrogen) atoms. The van der Waals surface area contributed by atoms with Crippen LogP contribution < -0.4 is 20.9 Å². The molecule has 0 bridgehead atoms. The molecule has 2 aromatic rings. The highest BCUT2D eigenvalue weighted by atomic mass is 79.9. The Morgan fingerprint density at radius 1 is 1.11 bits per heavy atom. The summed E-state index contributed by atoms with van der Waals surface area (Å²) in [5.74, 6) is -1.10. The number of benzene rings is 1. The zero-order chi connectivity index (χ0) is 20.5. The van der Waals surface area contributed by atoms with E-state index >= 15 is 0 Å². The summed E-state index contributed by atoms with van der Waals surface area (Å²) >= 11 is 7.98. The number of thiocarbonyl (C=S) groups is 1. The van der Waals surface area contributed by atoms with Crippen LogP contribution in [0.25, 0.3) is 0 Å². The Morgan fingerprint density at radius 3 is 2.43 bits per heavy atom. The van der Waals surface area contributed by atoms with E-state index in [2.05, 4.69) is 32.1 Å². The summed E-state index contributed by atoms with van der Waals surface area (Å²) in [4.78, 5) is 35.1. The van der Waals surface area contributed by atoms with Gasteiger partial charge in [-0.05, 0) is 71.5 Å². The zero-order valence-electron chi connectivity index (χ0n) is 14.6. The van der Waals surface area contributed by atoms with Gasteiger partial charge in [-0.2, -0.15) is 0 Å². The van der Waals surface area contributed by atoms with Gasteiger partial charge >= 0.3 is 5.97 Å². The third-order valence-electron chi connectivity index (χ3n) is 3.07. The summed E-state index contributed by atoms with van der Waals surface area (Å²) in [5.41, 5.74) is 5.03. The van der Waals surface area contributed by atoms with Gasteiger partial charge in [0.05, 0.1) is 12.2 Å². The first-order chi connectivity index (χ1) is 13.4. The number of furan rings is 1.